The largest absolute Gasteiger partial charge is 0.489 e. The summed E-state index contributed by atoms with van der Waals surface area (Å²) < 4.78 is 6.24. The predicted molar refractivity (Wildman–Crippen MR) is 98.2 cm³/mol. The number of para-hydroxylation sites is 1. The van der Waals surface area contributed by atoms with Gasteiger partial charge in [-0.15, -0.1) is 0 Å². The first-order valence-electron chi connectivity index (χ1n) is 9.38. The average molecular weight is 332 g/mol. The van der Waals surface area contributed by atoms with Crippen LogP contribution in [0.3, 0.4) is 0 Å². The SMILES string of the molecule is CCCC[C@H]1CN(CCC(=O)N[C@@H](C)CC)Cc2ccccc2O1. The molecule has 4 heteroatoms. The number of carbonyl (C=O) groups excluding carboxylic acids is 1. The highest BCUT2D eigenvalue weighted by Crippen LogP contribution is 2.26. The Morgan fingerprint density at radius 3 is 2.92 bits per heavy atom. The average Bonchev–Trinajstić information content (AvgIpc) is 2.76. The van der Waals surface area contributed by atoms with Crippen molar-refractivity contribution in [1.29, 1.82) is 0 Å². The number of hydrogen-bond acceptors (Lipinski definition) is 3. The number of nitrogens with one attached hydrogen (secondary N) is 1. The molecule has 0 bridgehead atoms. The van der Waals surface area contributed by atoms with Crippen LogP contribution in [-0.4, -0.2) is 36.0 Å². The van der Waals surface area contributed by atoms with Crippen LogP contribution in [0.1, 0.15) is 58.4 Å². The van der Waals surface area contributed by atoms with Crippen molar-refractivity contribution in [2.45, 2.75) is 71.6 Å². The molecule has 1 aliphatic rings. The molecule has 0 saturated carbocycles. The topological polar surface area (TPSA) is 41.6 Å². The maximum Gasteiger partial charge on any atom is 0.221 e. The van der Waals surface area contributed by atoms with Gasteiger partial charge in [0, 0.05) is 37.7 Å². The number of hydrogen-bond donors (Lipinski definition) is 1. The van der Waals surface area contributed by atoms with Gasteiger partial charge in [-0.1, -0.05) is 38.5 Å². The number of carbonyl (C=O) groups is 1. The Morgan fingerprint density at radius 1 is 1.38 bits per heavy atom. The van der Waals surface area contributed by atoms with Crippen molar-refractivity contribution in [1.82, 2.24) is 10.2 Å². The summed E-state index contributed by atoms with van der Waals surface area (Å²) in [6.45, 7) is 8.88. The number of unbranched alkanes of at least 4 members (excludes halogenated alkanes) is 1. The Labute approximate surface area is 146 Å². The van der Waals surface area contributed by atoms with Crippen molar-refractivity contribution in [2.24, 2.45) is 0 Å². The number of rotatable bonds is 8. The lowest BCUT2D eigenvalue weighted by Gasteiger charge is -2.24. The normalized spacial score (nSPS) is 19.0. The molecule has 24 heavy (non-hydrogen) atoms. The van der Waals surface area contributed by atoms with Gasteiger partial charge in [0.1, 0.15) is 11.9 Å². The monoisotopic (exact) mass is 332 g/mol. The number of ether oxygens (including phenoxy) is 1. The molecule has 1 heterocycles. The molecule has 2 rings (SSSR count). The molecule has 1 aliphatic heterocycles. The van der Waals surface area contributed by atoms with Crippen LogP contribution in [-0.2, 0) is 11.3 Å². The molecule has 1 aromatic rings. The lowest BCUT2D eigenvalue weighted by atomic mass is 10.1. The molecule has 0 unspecified atom stereocenters. The van der Waals surface area contributed by atoms with Crippen molar-refractivity contribution in [3.05, 3.63) is 29.8 Å². The molecule has 1 N–H and O–H groups in total. The van der Waals surface area contributed by atoms with Gasteiger partial charge in [-0.05, 0) is 32.3 Å². The fraction of sp³-hybridized carbons (Fsp3) is 0.650. The Hall–Kier alpha value is -1.55. The number of nitrogens with zero attached hydrogens (tertiary/aromatic N) is 1. The summed E-state index contributed by atoms with van der Waals surface area (Å²) in [5, 5.41) is 3.05. The molecule has 0 saturated heterocycles. The van der Waals surface area contributed by atoms with Gasteiger partial charge in [-0.25, -0.2) is 0 Å². The van der Waals surface area contributed by atoms with Crippen molar-refractivity contribution < 1.29 is 9.53 Å². The third-order valence-corrected chi connectivity index (χ3v) is 4.68. The summed E-state index contributed by atoms with van der Waals surface area (Å²) in [5.41, 5.74) is 1.22. The molecule has 2 atom stereocenters. The van der Waals surface area contributed by atoms with Crippen LogP contribution in [0.15, 0.2) is 24.3 Å². The van der Waals surface area contributed by atoms with Crippen LogP contribution < -0.4 is 10.1 Å². The maximum atomic E-state index is 12.1. The van der Waals surface area contributed by atoms with Crippen LogP contribution in [0.4, 0.5) is 0 Å². The summed E-state index contributed by atoms with van der Waals surface area (Å²) in [6.07, 6.45) is 5.16. The quantitative estimate of drug-likeness (QED) is 0.788. The fourth-order valence-electron chi connectivity index (χ4n) is 3.02. The van der Waals surface area contributed by atoms with E-state index in [0.29, 0.717) is 6.42 Å². The van der Waals surface area contributed by atoms with Crippen LogP contribution in [0, 0.1) is 0 Å². The molecule has 0 aromatic heterocycles. The van der Waals surface area contributed by atoms with Crippen molar-refractivity contribution >= 4 is 5.91 Å². The first-order valence-corrected chi connectivity index (χ1v) is 9.38. The second-order valence-corrected chi connectivity index (χ2v) is 6.85. The van der Waals surface area contributed by atoms with E-state index in [4.69, 9.17) is 4.74 Å². The number of amides is 1. The van der Waals surface area contributed by atoms with Gasteiger partial charge in [-0.3, -0.25) is 9.69 Å². The molecular weight excluding hydrogens is 300 g/mol. The zero-order valence-electron chi connectivity index (χ0n) is 15.4. The Bertz CT molecular complexity index is 518. The molecular formula is C20H32N2O2. The van der Waals surface area contributed by atoms with Gasteiger partial charge < -0.3 is 10.1 Å². The predicted octanol–water partition coefficient (Wildman–Crippen LogP) is 3.74. The van der Waals surface area contributed by atoms with Crippen LogP contribution in [0.5, 0.6) is 5.75 Å². The molecule has 0 aliphatic carbocycles. The first-order chi connectivity index (χ1) is 11.6. The van der Waals surface area contributed by atoms with Gasteiger partial charge in [0.05, 0.1) is 0 Å². The Kier molecular flexibility index (Phi) is 7.57. The van der Waals surface area contributed by atoms with Crippen LogP contribution in [0.25, 0.3) is 0 Å². The van der Waals surface area contributed by atoms with Crippen molar-refractivity contribution in [3.8, 4) is 5.75 Å². The highest BCUT2D eigenvalue weighted by atomic mass is 16.5. The first kappa shape index (κ1) is 18.8. The smallest absolute Gasteiger partial charge is 0.221 e. The minimum absolute atomic E-state index is 0.146. The summed E-state index contributed by atoms with van der Waals surface area (Å²) in [5.74, 6) is 1.15. The molecule has 4 nitrogen and oxygen atoms in total. The van der Waals surface area contributed by atoms with Crippen molar-refractivity contribution in [3.63, 3.8) is 0 Å². The van der Waals surface area contributed by atoms with Crippen LogP contribution >= 0.6 is 0 Å². The van der Waals surface area contributed by atoms with E-state index in [1.165, 1.54) is 18.4 Å². The van der Waals surface area contributed by atoms with E-state index in [2.05, 4.69) is 49.2 Å². The second-order valence-electron chi connectivity index (χ2n) is 6.85. The highest BCUT2D eigenvalue weighted by molar-refractivity contribution is 5.76. The van der Waals surface area contributed by atoms with Crippen molar-refractivity contribution in [2.75, 3.05) is 13.1 Å². The van der Waals surface area contributed by atoms with E-state index in [0.717, 1.165) is 38.2 Å². The lowest BCUT2D eigenvalue weighted by Crippen LogP contribution is -2.37. The van der Waals surface area contributed by atoms with E-state index >= 15 is 0 Å². The third-order valence-electron chi connectivity index (χ3n) is 4.68. The Balaban J connectivity index is 1.96. The molecule has 0 spiro atoms. The summed E-state index contributed by atoms with van der Waals surface area (Å²) in [4.78, 5) is 14.4. The van der Waals surface area contributed by atoms with Gasteiger partial charge in [0.25, 0.3) is 0 Å². The summed E-state index contributed by atoms with van der Waals surface area (Å²) in [6, 6.07) is 8.54. The van der Waals surface area contributed by atoms with E-state index < -0.39 is 0 Å². The van der Waals surface area contributed by atoms with E-state index in [-0.39, 0.29) is 18.1 Å². The lowest BCUT2D eigenvalue weighted by molar-refractivity contribution is -0.122. The summed E-state index contributed by atoms with van der Waals surface area (Å²) >= 11 is 0. The van der Waals surface area contributed by atoms with Crippen LogP contribution in [0.2, 0.25) is 0 Å². The second kappa shape index (κ2) is 9.67. The molecule has 1 aromatic carbocycles. The van der Waals surface area contributed by atoms with Gasteiger partial charge in [0.15, 0.2) is 0 Å². The molecule has 134 valence electrons. The zero-order chi connectivity index (χ0) is 17.4. The Morgan fingerprint density at radius 2 is 2.17 bits per heavy atom. The molecule has 1 amide bonds. The van der Waals surface area contributed by atoms with E-state index in [9.17, 15) is 4.79 Å². The van der Waals surface area contributed by atoms with Gasteiger partial charge >= 0.3 is 0 Å². The minimum Gasteiger partial charge on any atom is -0.489 e. The van der Waals surface area contributed by atoms with Gasteiger partial charge in [0.2, 0.25) is 5.91 Å². The minimum atomic E-state index is 0.146. The number of fused-ring (bicyclic) bond motifs is 1. The number of benzene rings is 1. The standard InChI is InChI=1S/C20H32N2O2/c1-4-6-10-18-15-22(13-12-20(23)21-16(3)5-2)14-17-9-7-8-11-19(17)24-18/h7-9,11,16,18H,4-6,10,12-15H2,1-3H3,(H,21,23)/t16-,18-/m0/s1. The maximum absolute atomic E-state index is 12.1. The van der Waals surface area contributed by atoms with E-state index in [1.54, 1.807) is 0 Å². The third kappa shape index (κ3) is 5.82. The molecule has 0 fully saturated rings. The van der Waals surface area contributed by atoms with E-state index in [1.807, 2.05) is 6.07 Å². The fourth-order valence-corrected chi connectivity index (χ4v) is 3.02. The highest BCUT2D eigenvalue weighted by Gasteiger charge is 2.22. The zero-order valence-corrected chi connectivity index (χ0v) is 15.4. The molecule has 0 radical (unpaired) electrons. The van der Waals surface area contributed by atoms with Gasteiger partial charge in [-0.2, -0.15) is 0 Å². The summed E-state index contributed by atoms with van der Waals surface area (Å²) in [7, 11) is 0.